The summed E-state index contributed by atoms with van der Waals surface area (Å²) in [5.74, 6) is 0.254. The molecule has 0 fully saturated rings. The fraction of sp³-hybridized carbons (Fsp3) is 0.154. The van der Waals surface area contributed by atoms with Gasteiger partial charge < -0.3 is 10.5 Å². The van der Waals surface area contributed by atoms with Crippen LogP contribution in [0.15, 0.2) is 36.4 Å². The van der Waals surface area contributed by atoms with E-state index in [4.69, 9.17) is 10.5 Å². The number of para-hydroxylation sites is 1. The number of hydrogen-bond acceptors (Lipinski definition) is 3. The highest BCUT2D eigenvalue weighted by atomic mass is 19.4. The van der Waals surface area contributed by atoms with Gasteiger partial charge in [-0.15, -0.1) is 0 Å². The molecule has 0 unspecified atom stereocenters. The Morgan fingerprint density at radius 2 is 1.84 bits per heavy atom. The molecule has 2 aromatic rings. The molecule has 0 aliphatic carbocycles. The number of nitrogens with zero attached hydrogens (tertiary/aromatic N) is 1. The number of halogens is 3. The number of pyridine rings is 1. The van der Waals surface area contributed by atoms with Crippen molar-refractivity contribution in [2.75, 3.05) is 12.8 Å². The fourth-order valence-corrected chi connectivity index (χ4v) is 1.71. The zero-order valence-electron chi connectivity index (χ0n) is 10.0. The lowest BCUT2D eigenvalue weighted by molar-refractivity contribution is -0.137. The highest BCUT2D eigenvalue weighted by molar-refractivity contribution is 5.69. The highest BCUT2D eigenvalue weighted by Gasteiger charge is 2.31. The van der Waals surface area contributed by atoms with Crippen LogP contribution in [0, 0.1) is 0 Å². The molecule has 19 heavy (non-hydrogen) atoms. The number of benzene rings is 1. The fourth-order valence-electron chi connectivity index (χ4n) is 1.71. The molecule has 0 aliphatic heterocycles. The molecule has 0 saturated carbocycles. The minimum absolute atomic E-state index is 0.129. The molecule has 3 nitrogen and oxygen atoms in total. The SMILES string of the molecule is COc1ccccc1-c1cc(C(F)(F)F)cc(N)n1. The van der Waals surface area contributed by atoms with Crippen LogP contribution in [0.5, 0.6) is 5.75 Å². The zero-order valence-corrected chi connectivity index (χ0v) is 10.0. The third kappa shape index (κ3) is 2.78. The molecule has 100 valence electrons. The first-order valence-corrected chi connectivity index (χ1v) is 5.40. The van der Waals surface area contributed by atoms with Gasteiger partial charge in [-0.1, -0.05) is 12.1 Å². The molecule has 6 heteroatoms. The Balaban J connectivity index is 2.60. The first-order chi connectivity index (χ1) is 8.91. The van der Waals surface area contributed by atoms with Gasteiger partial charge in [-0.05, 0) is 24.3 Å². The first kappa shape index (κ1) is 13.2. The summed E-state index contributed by atoms with van der Waals surface area (Å²) in [5, 5.41) is 0. The van der Waals surface area contributed by atoms with Crippen molar-refractivity contribution in [3.63, 3.8) is 0 Å². The van der Waals surface area contributed by atoms with Gasteiger partial charge in [0, 0.05) is 5.56 Å². The highest BCUT2D eigenvalue weighted by Crippen LogP contribution is 2.35. The summed E-state index contributed by atoms with van der Waals surface area (Å²) in [7, 11) is 1.44. The lowest BCUT2D eigenvalue weighted by Crippen LogP contribution is -2.07. The predicted octanol–water partition coefficient (Wildman–Crippen LogP) is 3.36. The Morgan fingerprint density at radius 3 is 2.47 bits per heavy atom. The van der Waals surface area contributed by atoms with E-state index in [0.29, 0.717) is 11.3 Å². The van der Waals surface area contributed by atoms with Gasteiger partial charge in [-0.3, -0.25) is 0 Å². The minimum atomic E-state index is -4.46. The second kappa shape index (κ2) is 4.79. The van der Waals surface area contributed by atoms with Gasteiger partial charge in [-0.25, -0.2) is 4.98 Å². The van der Waals surface area contributed by atoms with E-state index in [-0.39, 0.29) is 11.5 Å². The van der Waals surface area contributed by atoms with Gasteiger partial charge in [0.05, 0.1) is 18.4 Å². The van der Waals surface area contributed by atoms with E-state index in [1.54, 1.807) is 24.3 Å². The molecule has 0 saturated heterocycles. The number of nitrogens with two attached hydrogens (primary N) is 1. The molecular weight excluding hydrogens is 257 g/mol. The Hall–Kier alpha value is -2.24. The third-order valence-corrected chi connectivity index (χ3v) is 2.56. The van der Waals surface area contributed by atoms with Crippen LogP contribution in [0.4, 0.5) is 19.0 Å². The number of anilines is 1. The minimum Gasteiger partial charge on any atom is -0.496 e. The second-order valence-electron chi connectivity index (χ2n) is 3.86. The summed E-state index contributed by atoms with van der Waals surface area (Å²) in [6, 6.07) is 8.44. The summed E-state index contributed by atoms with van der Waals surface area (Å²) in [4.78, 5) is 3.92. The molecule has 2 N–H and O–H groups in total. The van der Waals surface area contributed by atoms with Crippen LogP contribution in [-0.2, 0) is 6.18 Å². The Labute approximate surface area is 107 Å². The Morgan fingerprint density at radius 1 is 1.16 bits per heavy atom. The molecule has 2 rings (SSSR count). The van der Waals surface area contributed by atoms with Crippen LogP contribution in [0.2, 0.25) is 0 Å². The Kier molecular flexibility index (Phi) is 3.33. The molecule has 0 radical (unpaired) electrons. The van der Waals surface area contributed by atoms with Crippen LogP contribution >= 0.6 is 0 Å². The third-order valence-electron chi connectivity index (χ3n) is 2.56. The van der Waals surface area contributed by atoms with E-state index in [1.807, 2.05) is 0 Å². The number of rotatable bonds is 2. The molecule has 0 aliphatic rings. The largest absolute Gasteiger partial charge is 0.496 e. The number of nitrogen functional groups attached to an aromatic ring is 1. The summed E-state index contributed by atoms with van der Waals surface area (Å²) >= 11 is 0. The number of methoxy groups -OCH3 is 1. The molecule has 0 amide bonds. The zero-order chi connectivity index (χ0) is 14.0. The van der Waals surface area contributed by atoms with E-state index in [1.165, 1.54) is 7.11 Å². The van der Waals surface area contributed by atoms with Crippen molar-refractivity contribution in [1.29, 1.82) is 0 Å². The maximum absolute atomic E-state index is 12.7. The molecule has 0 spiro atoms. The maximum Gasteiger partial charge on any atom is 0.416 e. The average Bonchev–Trinajstić information content (AvgIpc) is 2.37. The number of ether oxygens (including phenoxy) is 1. The number of hydrogen-bond donors (Lipinski definition) is 1. The van der Waals surface area contributed by atoms with Gasteiger partial charge in [0.15, 0.2) is 0 Å². The van der Waals surface area contributed by atoms with Crippen molar-refractivity contribution < 1.29 is 17.9 Å². The topological polar surface area (TPSA) is 48.1 Å². The normalized spacial score (nSPS) is 11.4. The molecule has 1 aromatic heterocycles. The number of alkyl halides is 3. The molecule has 0 bridgehead atoms. The summed E-state index contributed by atoms with van der Waals surface area (Å²) in [5.41, 5.74) is 5.19. The van der Waals surface area contributed by atoms with Crippen molar-refractivity contribution in [1.82, 2.24) is 4.98 Å². The predicted molar refractivity (Wildman–Crippen MR) is 65.6 cm³/mol. The summed E-state index contributed by atoms with van der Waals surface area (Å²) in [6.45, 7) is 0. The van der Waals surface area contributed by atoms with E-state index >= 15 is 0 Å². The van der Waals surface area contributed by atoms with Crippen LogP contribution in [-0.4, -0.2) is 12.1 Å². The van der Waals surface area contributed by atoms with Crippen molar-refractivity contribution in [2.45, 2.75) is 6.18 Å². The molecular formula is C13H11F3N2O. The first-order valence-electron chi connectivity index (χ1n) is 5.40. The van der Waals surface area contributed by atoms with Crippen LogP contribution in [0.25, 0.3) is 11.3 Å². The maximum atomic E-state index is 12.7. The Bertz CT molecular complexity index is 597. The lowest BCUT2D eigenvalue weighted by Gasteiger charge is -2.12. The van der Waals surface area contributed by atoms with Crippen LogP contribution < -0.4 is 10.5 Å². The van der Waals surface area contributed by atoms with Gasteiger partial charge in [0.1, 0.15) is 11.6 Å². The van der Waals surface area contributed by atoms with Gasteiger partial charge >= 0.3 is 6.18 Å². The van der Waals surface area contributed by atoms with Gasteiger partial charge in [0.25, 0.3) is 0 Å². The van der Waals surface area contributed by atoms with E-state index < -0.39 is 11.7 Å². The van der Waals surface area contributed by atoms with Crippen molar-refractivity contribution >= 4 is 5.82 Å². The van der Waals surface area contributed by atoms with E-state index in [9.17, 15) is 13.2 Å². The lowest BCUT2D eigenvalue weighted by atomic mass is 10.1. The summed E-state index contributed by atoms with van der Waals surface area (Å²) < 4.78 is 43.3. The smallest absolute Gasteiger partial charge is 0.416 e. The van der Waals surface area contributed by atoms with E-state index in [0.717, 1.165) is 12.1 Å². The van der Waals surface area contributed by atoms with E-state index in [2.05, 4.69) is 4.98 Å². The summed E-state index contributed by atoms with van der Waals surface area (Å²) in [6.07, 6.45) is -4.46. The molecule has 1 heterocycles. The van der Waals surface area contributed by atoms with Gasteiger partial charge in [0.2, 0.25) is 0 Å². The van der Waals surface area contributed by atoms with Crippen molar-refractivity contribution in [2.24, 2.45) is 0 Å². The monoisotopic (exact) mass is 268 g/mol. The molecule has 0 atom stereocenters. The van der Waals surface area contributed by atoms with Crippen LogP contribution in [0.3, 0.4) is 0 Å². The number of aromatic nitrogens is 1. The van der Waals surface area contributed by atoms with Gasteiger partial charge in [-0.2, -0.15) is 13.2 Å². The van der Waals surface area contributed by atoms with Crippen molar-refractivity contribution in [3.05, 3.63) is 42.0 Å². The van der Waals surface area contributed by atoms with Crippen LogP contribution in [0.1, 0.15) is 5.56 Å². The van der Waals surface area contributed by atoms with Crippen molar-refractivity contribution in [3.8, 4) is 17.0 Å². The average molecular weight is 268 g/mol. The second-order valence-corrected chi connectivity index (χ2v) is 3.86. The standard InChI is InChI=1S/C13H11F3N2O/c1-19-11-5-3-2-4-9(11)10-6-8(13(14,15)16)7-12(17)18-10/h2-7H,1H3,(H2,17,18). The quantitative estimate of drug-likeness (QED) is 0.908. The molecule has 1 aromatic carbocycles.